The van der Waals surface area contributed by atoms with Gasteiger partial charge in [0, 0.05) is 17.1 Å². The minimum Gasteiger partial charge on any atom is -0.493 e. The average Bonchev–Trinajstić information content (AvgIpc) is 3.56. The quantitative estimate of drug-likeness (QED) is 0.303. The lowest BCUT2D eigenvalue weighted by atomic mass is 10.1. The van der Waals surface area contributed by atoms with E-state index < -0.39 is 0 Å². The zero-order valence-corrected chi connectivity index (χ0v) is 22.3. The third-order valence-electron chi connectivity index (χ3n) is 6.88. The first-order chi connectivity index (χ1) is 19.1. The number of halogens is 1. The summed E-state index contributed by atoms with van der Waals surface area (Å²) < 4.78 is 35.2. The molecule has 0 unspecified atom stereocenters. The lowest BCUT2D eigenvalue weighted by Crippen LogP contribution is -2.35. The molecule has 0 spiro atoms. The fraction of sp³-hybridized carbons (Fsp3) is 0.310. The Kier molecular flexibility index (Phi) is 7.38. The van der Waals surface area contributed by atoms with Crippen molar-refractivity contribution in [3.05, 3.63) is 77.6 Å². The Balaban J connectivity index is 1.12. The molecule has 202 valence electrons. The van der Waals surface area contributed by atoms with E-state index in [1.165, 1.54) is 6.33 Å². The standard InChI is InChI=1S/C29H28ClN3O6/c1-34-23-11-19-21(12-24(23)35-2)31-16-32-29(19)33-18-8-9-22(20(30)10-18)39-26-15-38-27-25(14-37-28(26)27)36-13-17-6-4-3-5-7-17/h3-12,16,25-28H,13-15H2,1-2H3,(H,31,32,33)/t25-,26-,27+,28+/m0/s1. The van der Waals surface area contributed by atoms with Crippen LogP contribution in [0.5, 0.6) is 17.2 Å². The lowest BCUT2D eigenvalue weighted by Gasteiger charge is -2.19. The van der Waals surface area contributed by atoms with Gasteiger partial charge in [-0.2, -0.15) is 0 Å². The molecule has 2 saturated heterocycles. The fourth-order valence-corrected chi connectivity index (χ4v) is 5.13. The first-order valence-electron chi connectivity index (χ1n) is 12.6. The SMILES string of the molecule is COc1cc2ncnc(Nc3ccc(O[C@H]4CO[C@H]5[C@@H]4OC[C@@H]5OCc4ccccc4)c(Cl)c3)c2cc1OC. The van der Waals surface area contributed by atoms with Crippen LogP contribution in [0.1, 0.15) is 5.56 Å². The van der Waals surface area contributed by atoms with Crippen molar-refractivity contribution in [3.63, 3.8) is 0 Å². The number of hydrogen-bond acceptors (Lipinski definition) is 9. The van der Waals surface area contributed by atoms with Crippen molar-refractivity contribution in [1.29, 1.82) is 0 Å². The molecule has 0 radical (unpaired) electrons. The van der Waals surface area contributed by atoms with Gasteiger partial charge in [-0.15, -0.1) is 0 Å². The molecule has 6 rings (SSSR count). The largest absolute Gasteiger partial charge is 0.493 e. The predicted molar refractivity (Wildman–Crippen MR) is 146 cm³/mol. The first-order valence-corrected chi connectivity index (χ1v) is 13.0. The first kappa shape index (κ1) is 25.6. The molecule has 4 aromatic rings. The minimum absolute atomic E-state index is 0.146. The highest BCUT2D eigenvalue weighted by Crippen LogP contribution is 2.37. The molecule has 0 saturated carbocycles. The zero-order chi connectivity index (χ0) is 26.8. The second kappa shape index (κ2) is 11.2. The van der Waals surface area contributed by atoms with Crippen LogP contribution in [-0.2, 0) is 20.8 Å². The summed E-state index contributed by atoms with van der Waals surface area (Å²) in [6.45, 7) is 1.37. The summed E-state index contributed by atoms with van der Waals surface area (Å²) in [5.74, 6) is 2.34. The molecule has 0 amide bonds. The minimum atomic E-state index is -0.287. The topological polar surface area (TPSA) is 93.2 Å². The van der Waals surface area contributed by atoms with Gasteiger partial charge in [-0.05, 0) is 29.8 Å². The van der Waals surface area contributed by atoms with Gasteiger partial charge in [0.2, 0.25) is 0 Å². The normalized spacial score (nSPS) is 22.0. The molecule has 3 aromatic carbocycles. The number of fused-ring (bicyclic) bond motifs is 2. The summed E-state index contributed by atoms with van der Waals surface area (Å²) >= 11 is 6.63. The number of hydrogen-bond donors (Lipinski definition) is 1. The zero-order valence-electron chi connectivity index (χ0n) is 21.5. The van der Waals surface area contributed by atoms with Crippen LogP contribution < -0.4 is 19.5 Å². The Bertz CT molecular complexity index is 1460. The monoisotopic (exact) mass is 549 g/mol. The Labute approximate surface area is 230 Å². The van der Waals surface area contributed by atoms with Crippen molar-refractivity contribution in [3.8, 4) is 17.2 Å². The second-order valence-corrected chi connectivity index (χ2v) is 9.71. The predicted octanol–water partition coefficient (Wildman–Crippen LogP) is 5.17. The highest BCUT2D eigenvalue weighted by molar-refractivity contribution is 6.32. The Morgan fingerprint density at radius 3 is 2.38 bits per heavy atom. The van der Waals surface area contributed by atoms with Crippen LogP contribution in [0, 0.1) is 0 Å². The van der Waals surface area contributed by atoms with Crippen LogP contribution in [0.3, 0.4) is 0 Å². The van der Waals surface area contributed by atoms with Crippen molar-refractivity contribution in [2.24, 2.45) is 0 Å². The molecule has 1 aromatic heterocycles. The van der Waals surface area contributed by atoms with Gasteiger partial charge in [-0.1, -0.05) is 41.9 Å². The third-order valence-corrected chi connectivity index (χ3v) is 7.18. The summed E-state index contributed by atoms with van der Waals surface area (Å²) in [6.07, 6.45) is 0.654. The lowest BCUT2D eigenvalue weighted by molar-refractivity contribution is -0.0425. The van der Waals surface area contributed by atoms with E-state index in [0.717, 1.165) is 22.2 Å². The van der Waals surface area contributed by atoms with E-state index in [0.29, 0.717) is 47.9 Å². The van der Waals surface area contributed by atoms with E-state index in [1.807, 2.05) is 54.6 Å². The molecule has 2 fully saturated rings. The fourth-order valence-electron chi connectivity index (χ4n) is 4.91. The summed E-state index contributed by atoms with van der Waals surface area (Å²) in [5.41, 5.74) is 2.57. The van der Waals surface area contributed by atoms with Gasteiger partial charge in [-0.25, -0.2) is 9.97 Å². The number of rotatable bonds is 9. The van der Waals surface area contributed by atoms with Gasteiger partial charge in [-0.3, -0.25) is 0 Å². The maximum absolute atomic E-state index is 6.63. The second-order valence-electron chi connectivity index (χ2n) is 9.30. The van der Waals surface area contributed by atoms with Gasteiger partial charge < -0.3 is 33.7 Å². The molecule has 3 heterocycles. The molecule has 39 heavy (non-hydrogen) atoms. The summed E-state index contributed by atoms with van der Waals surface area (Å²) in [7, 11) is 3.18. The van der Waals surface area contributed by atoms with Crippen LogP contribution in [0.2, 0.25) is 5.02 Å². The van der Waals surface area contributed by atoms with Crippen molar-refractivity contribution in [2.45, 2.75) is 31.0 Å². The number of nitrogens with one attached hydrogen (secondary N) is 1. The number of ether oxygens (including phenoxy) is 6. The van der Waals surface area contributed by atoms with Crippen molar-refractivity contribution >= 4 is 34.0 Å². The molecule has 0 bridgehead atoms. The van der Waals surface area contributed by atoms with E-state index >= 15 is 0 Å². The van der Waals surface area contributed by atoms with Gasteiger partial charge in [0.05, 0.1) is 44.6 Å². The van der Waals surface area contributed by atoms with E-state index in [2.05, 4.69) is 15.3 Å². The summed E-state index contributed by atoms with van der Waals surface area (Å²) in [6, 6.07) is 19.2. The summed E-state index contributed by atoms with van der Waals surface area (Å²) in [5, 5.41) is 4.55. The number of methoxy groups -OCH3 is 2. The van der Waals surface area contributed by atoms with Crippen LogP contribution in [0.4, 0.5) is 11.5 Å². The number of aromatic nitrogens is 2. The molecule has 1 N–H and O–H groups in total. The highest BCUT2D eigenvalue weighted by Gasteiger charge is 2.49. The third kappa shape index (κ3) is 5.31. The van der Waals surface area contributed by atoms with E-state index in [1.54, 1.807) is 20.3 Å². The van der Waals surface area contributed by atoms with Gasteiger partial charge in [0.15, 0.2) is 17.6 Å². The number of nitrogens with zero attached hydrogens (tertiary/aromatic N) is 2. The van der Waals surface area contributed by atoms with E-state index in [-0.39, 0.29) is 24.4 Å². The molecular weight excluding hydrogens is 522 g/mol. The number of anilines is 2. The molecular formula is C29H28ClN3O6. The Morgan fingerprint density at radius 1 is 0.872 bits per heavy atom. The molecule has 9 nitrogen and oxygen atoms in total. The molecule has 2 aliphatic rings. The van der Waals surface area contributed by atoms with Gasteiger partial charge in [0.25, 0.3) is 0 Å². The highest BCUT2D eigenvalue weighted by atomic mass is 35.5. The van der Waals surface area contributed by atoms with Crippen LogP contribution in [0.25, 0.3) is 10.9 Å². The smallest absolute Gasteiger partial charge is 0.162 e. The maximum Gasteiger partial charge on any atom is 0.162 e. The van der Waals surface area contributed by atoms with Crippen LogP contribution in [0.15, 0.2) is 67.0 Å². The molecule has 0 aliphatic carbocycles. The summed E-state index contributed by atoms with van der Waals surface area (Å²) in [4.78, 5) is 8.76. The van der Waals surface area contributed by atoms with E-state index in [4.69, 9.17) is 40.0 Å². The van der Waals surface area contributed by atoms with Gasteiger partial charge in [0.1, 0.15) is 36.2 Å². The van der Waals surface area contributed by atoms with Crippen molar-refractivity contribution in [1.82, 2.24) is 9.97 Å². The molecule has 4 atom stereocenters. The van der Waals surface area contributed by atoms with Gasteiger partial charge >= 0.3 is 0 Å². The Morgan fingerprint density at radius 2 is 1.62 bits per heavy atom. The Hall–Kier alpha value is -3.63. The van der Waals surface area contributed by atoms with Crippen LogP contribution in [-0.4, -0.2) is 61.8 Å². The van der Waals surface area contributed by atoms with Crippen molar-refractivity contribution < 1.29 is 28.4 Å². The van der Waals surface area contributed by atoms with Crippen molar-refractivity contribution in [2.75, 3.05) is 32.8 Å². The average molecular weight is 550 g/mol. The number of benzene rings is 3. The van der Waals surface area contributed by atoms with E-state index in [9.17, 15) is 0 Å². The molecule has 2 aliphatic heterocycles. The van der Waals surface area contributed by atoms with Crippen LogP contribution >= 0.6 is 11.6 Å². The molecule has 10 heteroatoms. The maximum atomic E-state index is 6.63.